The van der Waals surface area contributed by atoms with Crippen LogP contribution in [0.25, 0.3) is 0 Å². The normalized spacial score (nSPS) is 14.2. The van der Waals surface area contributed by atoms with E-state index in [1.165, 1.54) is 0 Å². The Kier molecular flexibility index (Phi) is 2.26. The molecule has 0 N–H and O–H groups in total. The third kappa shape index (κ3) is 1.57. The van der Waals surface area contributed by atoms with Crippen LogP contribution in [0.4, 0.5) is 17.6 Å². The van der Waals surface area contributed by atoms with Gasteiger partial charge in [0.25, 0.3) is 0 Å². The second kappa shape index (κ2) is 2.35. The highest BCUT2D eigenvalue weighted by atomic mass is 32.2. The first kappa shape index (κ1) is 9.63. The Morgan fingerprint density at radius 1 is 1.20 bits per heavy atom. The molecule has 0 aliphatic rings. The molecule has 0 unspecified atom stereocenters. The van der Waals surface area contributed by atoms with Gasteiger partial charge in [0.15, 0.2) is 0 Å². The van der Waals surface area contributed by atoms with Crippen molar-refractivity contribution in [3.05, 3.63) is 0 Å². The Labute approximate surface area is 53.4 Å². The number of hydrogen-bond acceptors (Lipinski definition) is 2. The standard InChI is InChI=1S/C2HF4O3S/c3-1(4)2(5,6)10(7,8)9/h1H. The minimum atomic E-state index is -6.23. The van der Waals surface area contributed by atoms with Gasteiger partial charge in [-0.2, -0.15) is 17.2 Å². The fraction of sp³-hybridized carbons (Fsp3) is 1.00. The molecule has 1 radical (unpaired) electrons. The van der Waals surface area contributed by atoms with Crippen molar-refractivity contribution >= 4 is 10.1 Å². The fourth-order valence-corrected chi connectivity index (χ4v) is 0.327. The summed E-state index contributed by atoms with van der Waals surface area (Å²) in [4.78, 5) is 0. The second-order valence-corrected chi connectivity index (χ2v) is 2.77. The molecule has 0 rings (SSSR count). The quantitative estimate of drug-likeness (QED) is 0.586. The first-order valence-electron chi connectivity index (χ1n) is 1.81. The lowest BCUT2D eigenvalue weighted by molar-refractivity contribution is -0.0704. The third-order valence-corrected chi connectivity index (χ3v) is 1.43. The first-order valence-corrected chi connectivity index (χ1v) is 3.22. The van der Waals surface area contributed by atoms with Gasteiger partial charge in [0.2, 0.25) is 0 Å². The van der Waals surface area contributed by atoms with Crippen LogP contribution < -0.4 is 0 Å². The topological polar surface area (TPSA) is 54.0 Å². The third-order valence-electron chi connectivity index (χ3n) is 0.587. The maximum Gasteiger partial charge on any atom is 0.431 e. The zero-order chi connectivity index (χ0) is 8.58. The summed E-state index contributed by atoms with van der Waals surface area (Å²) in [7, 11) is -6.23. The number of alkyl halides is 4. The first-order chi connectivity index (χ1) is 4.19. The molecule has 0 spiro atoms. The predicted molar refractivity (Wildman–Crippen MR) is 20.6 cm³/mol. The van der Waals surface area contributed by atoms with E-state index < -0.39 is 21.8 Å². The molecule has 0 saturated carbocycles. The fourth-order valence-electron chi connectivity index (χ4n) is 0.109. The number of halogens is 4. The Balaban J connectivity index is 4.76. The molecule has 0 atom stereocenters. The Hall–Kier alpha value is -0.370. The molecular weight excluding hydrogens is 180 g/mol. The van der Waals surface area contributed by atoms with E-state index in [1.807, 2.05) is 0 Å². The highest BCUT2D eigenvalue weighted by Crippen LogP contribution is 2.28. The summed E-state index contributed by atoms with van der Waals surface area (Å²) >= 11 is 0. The molecule has 10 heavy (non-hydrogen) atoms. The van der Waals surface area contributed by atoms with Crippen LogP contribution in [-0.4, -0.2) is 20.1 Å². The number of hydrogen-bond donors (Lipinski definition) is 0. The van der Waals surface area contributed by atoms with Crippen molar-refractivity contribution in [2.45, 2.75) is 11.7 Å². The molecule has 8 heteroatoms. The van der Waals surface area contributed by atoms with Crippen molar-refractivity contribution in [1.29, 1.82) is 0 Å². The highest BCUT2D eigenvalue weighted by Gasteiger charge is 2.54. The molecular formula is C2HF4O3S. The van der Waals surface area contributed by atoms with Crippen LogP contribution in [0.1, 0.15) is 0 Å². The minimum Gasteiger partial charge on any atom is -0.202 e. The van der Waals surface area contributed by atoms with Crippen LogP contribution in [0.2, 0.25) is 0 Å². The average molecular weight is 181 g/mol. The molecule has 0 fully saturated rings. The van der Waals surface area contributed by atoms with Gasteiger partial charge in [0.1, 0.15) is 0 Å². The number of rotatable bonds is 2. The van der Waals surface area contributed by atoms with Crippen LogP contribution >= 0.6 is 0 Å². The van der Waals surface area contributed by atoms with Crippen LogP contribution in [-0.2, 0) is 14.7 Å². The molecule has 0 aliphatic heterocycles. The smallest absolute Gasteiger partial charge is 0.202 e. The van der Waals surface area contributed by atoms with Crippen molar-refractivity contribution in [3.63, 3.8) is 0 Å². The lowest BCUT2D eigenvalue weighted by Gasteiger charge is -2.08. The molecule has 0 amide bonds. The van der Waals surface area contributed by atoms with E-state index in [4.69, 9.17) is 0 Å². The molecule has 3 nitrogen and oxygen atoms in total. The van der Waals surface area contributed by atoms with E-state index in [2.05, 4.69) is 0 Å². The van der Waals surface area contributed by atoms with E-state index in [-0.39, 0.29) is 0 Å². The lowest BCUT2D eigenvalue weighted by atomic mass is 10.7. The van der Waals surface area contributed by atoms with Gasteiger partial charge in [-0.25, -0.2) is 8.78 Å². The van der Waals surface area contributed by atoms with Gasteiger partial charge >= 0.3 is 21.8 Å². The molecule has 0 aromatic rings. The van der Waals surface area contributed by atoms with Gasteiger partial charge in [-0.3, -0.25) is 0 Å². The van der Waals surface area contributed by atoms with Gasteiger partial charge in [-0.15, -0.1) is 0 Å². The highest BCUT2D eigenvalue weighted by molar-refractivity contribution is 7.86. The summed E-state index contributed by atoms with van der Waals surface area (Å²) in [6, 6.07) is 0. The Morgan fingerprint density at radius 3 is 1.50 bits per heavy atom. The average Bonchev–Trinajstić information content (AvgIpc) is 1.62. The minimum absolute atomic E-state index is 4.48. The van der Waals surface area contributed by atoms with Gasteiger partial charge < -0.3 is 0 Å². The molecule has 0 heterocycles. The van der Waals surface area contributed by atoms with Crippen molar-refractivity contribution < 1.29 is 30.5 Å². The van der Waals surface area contributed by atoms with Crippen LogP contribution in [0.3, 0.4) is 0 Å². The van der Waals surface area contributed by atoms with Crippen molar-refractivity contribution in [3.8, 4) is 0 Å². The summed E-state index contributed by atoms with van der Waals surface area (Å²) in [5.74, 6) is 0. The van der Waals surface area contributed by atoms with Crippen molar-refractivity contribution in [2.75, 3.05) is 0 Å². The van der Waals surface area contributed by atoms with Crippen LogP contribution in [0.15, 0.2) is 0 Å². The molecule has 0 aromatic carbocycles. The monoisotopic (exact) mass is 181 g/mol. The SMILES string of the molecule is [O]S(=O)(=O)C(F)(F)C(F)F. The summed E-state index contributed by atoms with van der Waals surface area (Å²) < 4.78 is 72.7. The van der Waals surface area contributed by atoms with Gasteiger partial charge in [-0.1, -0.05) is 4.55 Å². The molecule has 0 aliphatic carbocycles. The maximum absolute atomic E-state index is 11.4. The summed E-state index contributed by atoms with van der Waals surface area (Å²) in [5, 5.41) is -5.48. The zero-order valence-electron chi connectivity index (χ0n) is 4.22. The van der Waals surface area contributed by atoms with E-state index in [9.17, 15) is 30.5 Å². The Morgan fingerprint density at radius 2 is 1.50 bits per heavy atom. The lowest BCUT2D eigenvalue weighted by Crippen LogP contribution is -2.35. The second-order valence-electron chi connectivity index (χ2n) is 1.32. The summed E-state index contributed by atoms with van der Waals surface area (Å²) in [6.07, 6.45) is -4.48. The van der Waals surface area contributed by atoms with Gasteiger partial charge in [0, 0.05) is 0 Å². The van der Waals surface area contributed by atoms with Crippen molar-refractivity contribution in [2.24, 2.45) is 0 Å². The van der Waals surface area contributed by atoms with Crippen molar-refractivity contribution in [1.82, 2.24) is 0 Å². The van der Waals surface area contributed by atoms with Crippen LogP contribution in [0.5, 0.6) is 0 Å². The Bertz CT molecular complexity index is 207. The summed E-state index contributed by atoms with van der Waals surface area (Å²) in [5.41, 5.74) is 0. The van der Waals surface area contributed by atoms with E-state index in [1.54, 1.807) is 0 Å². The van der Waals surface area contributed by atoms with E-state index in [0.29, 0.717) is 0 Å². The molecule has 61 valence electrons. The maximum atomic E-state index is 11.4. The molecule has 0 aromatic heterocycles. The van der Waals surface area contributed by atoms with Gasteiger partial charge in [-0.05, 0) is 0 Å². The predicted octanol–water partition coefficient (Wildman–Crippen LogP) is 0.605. The van der Waals surface area contributed by atoms with Crippen LogP contribution in [0, 0.1) is 0 Å². The summed E-state index contributed by atoms with van der Waals surface area (Å²) in [6.45, 7) is 0. The van der Waals surface area contributed by atoms with E-state index >= 15 is 0 Å². The molecule has 0 saturated heterocycles. The van der Waals surface area contributed by atoms with E-state index in [0.717, 1.165) is 0 Å². The molecule has 0 bridgehead atoms. The van der Waals surface area contributed by atoms with Gasteiger partial charge in [0.05, 0.1) is 0 Å². The zero-order valence-corrected chi connectivity index (χ0v) is 5.04. The largest absolute Gasteiger partial charge is 0.431 e.